The van der Waals surface area contributed by atoms with Crippen LogP contribution in [0.5, 0.6) is 0 Å². The predicted octanol–water partition coefficient (Wildman–Crippen LogP) is 0.966. The molecule has 0 aliphatic heterocycles. The van der Waals surface area contributed by atoms with E-state index >= 15 is 0 Å². The minimum absolute atomic E-state index is 0.0276. The van der Waals surface area contributed by atoms with Gasteiger partial charge in [0.25, 0.3) is 0 Å². The highest BCUT2D eigenvalue weighted by Gasteiger charge is 2.49. The highest BCUT2D eigenvalue weighted by molar-refractivity contribution is 7.92. The molecule has 2 rings (SSSR count). The number of aromatic nitrogens is 1. The van der Waals surface area contributed by atoms with Crippen molar-refractivity contribution in [2.24, 2.45) is 0 Å². The fraction of sp³-hybridized carbons (Fsp3) is 0.375. The van der Waals surface area contributed by atoms with E-state index in [1.54, 1.807) is 12.1 Å². The van der Waals surface area contributed by atoms with Gasteiger partial charge in [-0.2, -0.15) is 0 Å². The normalized spacial score (nSPS) is 27.2. The van der Waals surface area contributed by atoms with Crippen LogP contribution < -0.4 is 0 Å². The van der Waals surface area contributed by atoms with Gasteiger partial charge < -0.3 is 0 Å². The van der Waals surface area contributed by atoms with E-state index in [1.165, 1.54) is 12.3 Å². The molecule has 1 heterocycles. The van der Waals surface area contributed by atoms with E-state index in [0.717, 1.165) is 0 Å². The lowest BCUT2D eigenvalue weighted by Crippen LogP contribution is -2.11. The SMILES string of the molecule is O=S(=O)(c1ccccn1)[C@@H]1C[C@H]1F. The summed E-state index contributed by atoms with van der Waals surface area (Å²) in [5.41, 5.74) is 0. The van der Waals surface area contributed by atoms with E-state index in [-0.39, 0.29) is 11.4 Å². The van der Waals surface area contributed by atoms with E-state index in [4.69, 9.17) is 0 Å². The molecule has 0 amide bonds. The Morgan fingerprint density at radius 1 is 1.46 bits per heavy atom. The molecule has 0 saturated heterocycles. The van der Waals surface area contributed by atoms with Crippen LogP contribution in [0, 0.1) is 0 Å². The Labute approximate surface area is 75.5 Å². The first kappa shape index (κ1) is 8.62. The maximum atomic E-state index is 12.5. The van der Waals surface area contributed by atoms with E-state index in [2.05, 4.69) is 4.98 Å². The van der Waals surface area contributed by atoms with Gasteiger partial charge in [0.15, 0.2) is 5.03 Å². The Kier molecular flexibility index (Phi) is 1.83. The fourth-order valence-corrected chi connectivity index (χ4v) is 2.75. The smallest absolute Gasteiger partial charge is 0.201 e. The molecular weight excluding hydrogens is 193 g/mol. The number of hydrogen-bond acceptors (Lipinski definition) is 3. The molecule has 0 unspecified atom stereocenters. The minimum atomic E-state index is -3.50. The number of pyridine rings is 1. The average Bonchev–Trinajstić information content (AvgIpc) is 2.85. The molecule has 0 radical (unpaired) electrons. The van der Waals surface area contributed by atoms with Crippen LogP contribution in [0.4, 0.5) is 4.39 Å². The summed E-state index contributed by atoms with van der Waals surface area (Å²) in [5.74, 6) is 0. The predicted molar refractivity (Wildman–Crippen MR) is 44.7 cm³/mol. The summed E-state index contributed by atoms with van der Waals surface area (Å²) in [5, 5.41) is -0.887. The summed E-state index contributed by atoms with van der Waals surface area (Å²) in [6.45, 7) is 0. The van der Waals surface area contributed by atoms with Crippen molar-refractivity contribution in [2.75, 3.05) is 0 Å². The van der Waals surface area contributed by atoms with Gasteiger partial charge in [0.1, 0.15) is 11.4 Å². The van der Waals surface area contributed by atoms with Crippen molar-refractivity contribution in [1.29, 1.82) is 0 Å². The molecule has 1 aliphatic rings. The van der Waals surface area contributed by atoms with Crippen molar-refractivity contribution in [3.8, 4) is 0 Å². The zero-order valence-electron chi connectivity index (χ0n) is 6.72. The molecule has 3 nitrogen and oxygen atoms in total. The third-order valence-electron chi connectivity index (χ3n) is 1.99. The molecule has 1 saturated carbocycles. The average molecular weight is 201 g/mol. The first-order valence-electron chi connectivity index (χ1n) is 3.91. The van der Waals surface area contributed by atoms with Crippen LogP contribution in [0.1, 0.15) is 6.42 Å². The Balaban J connectivity index is 2.36. The van der Waals surface area contributed by atoms with Gasteiger partial charge in [0.2, 0.25) is 9.84 Å². The molecule has 1 aromatic heterocycles. The number of sulfone groups is 1. The lowest BCUT2D eigenvalue weighted by Gasteiger charge is -1.99. The van der Waals surface area contributed by atoms with Crippen molar-refractivity contribution in [1.82, 2.24) is 4.98 Å². The third kappa shape index (κ3) is 1.44. The number of hydrogen-bond donors (Lipinski definition) is 0. The molecule has 0 bridgehead atoms. The van der Waals surface area contributed by atoms with Crippen molar-refractivity contribution >= 4 is 9.84 Å². The molecule has 0 N–H and O–H groups in total. The van der Waals surface area contributed by atoms with Crippen molar-refractivity contribution < 1.29 is 12.8 Å². The van der Waals surface area contributed by atoms with E-state index in [1.807, 2.05) is 0 Å². The van der Waals surface area contributed by atoms with Gasteiger partial charge in [-0.1, -0.05) is 6.07 Å². The topological polar surface area (TPSA) is 47.0 Å². The van der Waals surface area contributed by atoms with Gasteiger partial charge in [0.05, 0.1) is 0 Å². The van der Waals surface area contributed by atoms with Crippen LogP contribution in [0.3, 0.4) is 0 Å². The lowest BCUT2D eigenvalue weighted by molar-refractivity contribution is 0.476. The Morgan fingerprint density at radius 3 is 2.62 bits per heavy atom. The largest absolute Gasteiger partial charge is 0.246 e. The first-order valence-corrected chi connectivity index (χ1v) is 5.46. The van der Waals surface area contributed by atoms with Gasteiger partial charge in [0, 0.05) is 6.20 Å². The summed E-state index contributed by atoms with van der Waals surface area (Å²) < 4.78 is 35.6. The molecule has 2 atom stereocenters. The van der Waals surface area contributed by atoms with Crippen molar-refractivity contribution in [3.63, 3.8) is 0 Å². The molecule has 1 aromatic rings. The molecule has 1 fully saturated rings. The van der Waals surface area contributed by atoms with Crippen molar-refractivity contribution in [3.05, 3.63) is 24.4 Å². The van der Waals surface area contributed by atoms with Gasteiger partial charge in [-0.25, -0.2) is 17.8 Å². The van der Waals surface area contributed by atoms with Crippen LogP contribution in [0.25, 0.3) is 0 Å². The number of alkyl halides is 1. The summed E-state index contributed by atoms with van der Waals surface area (Å²) in [7, 11) is -3.50. The zero-order valence-corrected chi connectivity index (χ0v) is 7.54. The second-order valence-electron chi connectivity index (χ2n) is 3.00. The molecule has 5 heteroatoms. The van der Waals surface area contributed by atoms with Gasteiger partial charge >= 0.3 is 0 Å². The minimum Gasteiger partial charge on any atom is -0.246 e. The Hall–Kier alpha value is -0.970. The highest BCUT2D eigenvalue weighted by atomic mass is 32.2. The van der Waals surface area contributed by atoms with Crippen LogP contribution in [-0.4, -0.2) is 24.8 Å². The third-order valence-corrected chi connectivity index (χ3v) is 4.10. The van der Waals surface area contributed by atoms with Crippen LogP contribution >= 0.6 is 0 Å². The summed E-state index contributed by atoms with van der Waals surface area (Å²) in [4.78, 5) is 3.69. The second kappa shape index (κ2) is 2.77. The lowest BCUT2D eigenvalue weighted by atomic mass is 10.5. The maximum Gasteiger partial charge on any atom is 0.201 e. The van der Waals surface area contributed by atoms with Crippen LogP contribution in [-0.2, 0) is 9.84 Å². The van der Waals surface area contributed by atoms with E-state index < -0.39 is 21.3 Å². The van der Waals surface area contributed by atoms with Crippen LogP contribution in [0.2, 0.25) is 0 Å². The summed E-state index contributed by atoms with van der Waals surface area (Å²) in [6, 6.07) is 4.59. The molecule has 70 valence electrons. The maximum absolute atomic E-state index is 12.5. The van der Waals surface area contributed by atoms with E-state index in [9.17, 15) is 12.8 Å². The monoisotopic (exact) mass is 201 g/mol. The summed E-state index contributed by atoms with van der Waals surface area (Å²) >= 11 is 0. The van der Waals surface area contributed by atoms with Crippen molar-refractivity contribution in [2.45, 2.75) is 22.9 Å². The molecule has 0 spiro atoms. The zero-order chi connectivity index (χ0) is 9.47. The molecule has 1 aliphatic carbocycles. The first-order chi connectivity index (χ1) is 6.12. The highest BCUT2D eigenvalue weighted by Crippen LogP contribution is 2.35. The Morgan fingerprint density at radius 2 is 2.15 bits per heavy atom. The number of rotatable bonds is 2. The molecule has 0 aromatic carbocycles. The summed E-state index contributed by atoms with van der Waals surface area (Å²) in [6.07, 6.45) is 0.300. The number of nitrogens with zero attached hydrogens (tertiary/aromatic N) is 1. The standard InChI is InChI=1S/C8H8FNO2S/c9-6-5-7(6)13(11,12)8-3-1-2-4-10-8/h1-4,6-7H,5H2/t6-,7-/m1/s1. The van der Waals surface area contributed by atoms with Gasteiger partial charge in [-0.3, -0.25) is 0 Å². The van der Waals surface area contributed by atoms with Gasteiger partial charge in [-0.05, 0) is 18.6 Å². The Bertz CT molecular complexity index is 403. The second-order valence-corrected chi connectivity index (χ2v) is 5.12. The number of halogens is 1. The quantitative estimate of drug-likeness (QED) is 0.716. The molecular formula is C8H8FNO2S. The van der Waals surface area contributed by atoms with Crippen LogP contribution in [0.15, 0.2) is 29.4 Å². The van der Waals surface area contributed by atoms with Gasteiger partial charge in [-0.15, -0.1) is 0 Å². The van der Waals surface area contributed by atoms with E-state index in [0.29, 0.717) is 0 Å². The molecule has 13 heavy (non-hydrogen) atoms. The fourth-order valence-electron chi connectivity index (χ4n) is 1.13.